The number of halogens is 7. The van der Waals surface area contributed by atoms with Crippen LogP contribution in [0.5, 0.6) is 5.75 Å². The van der Waals surface area contributed by atoms with Crippen molar-refractivity contribution in [2.24, 2.45) is 0 Å². The molecule has 0 saturated heterocycles. The van der Waals surface area contributed by atoms with Crippen molar-refractivity contribution in [1.29, 1.82) is 0 Å². The number of ether oxygens (including phenoxy) is 1. The molecular formula is C14H13F7O4Si. The molecule has 0 saturated carbocycles. The summed E-state index contributed by atoms with van der Waals surface area (Å²) < 4.78 is 97.3. The summed E-state index contributed by atoms with van der Waals surface area (Å²) in [6.45, 7) is 4.98. The molecule has 1 aromatic carbocycles. The summed E-state index contributed by atoms with van der Waals surface area (Å²) in [6.07, 6.45) is -6.67. The van der Waals surface area contributed by atoms with Crippen LogP contribution in [0.3, 0.4) is 0 Å². The van der Waals surface area contributed by atoms with Gasteiger partial charge in [0.05, 0.1) is 5.56 Å². The summed E-state index contributed by atoms with van der Waals surface area (Å²) in [4.78, 5) is 23.0. The maximum Gasteiger partial charge on any atom is 0.460 e. The van der Waals surface area contributed by atoms with Crippen LogP contribution >= 0.6 is 0 Å². The molecule has 0 N–H and O–H groups in total. The van der Waals surface area contributed by atoms with Gasteiger partial charge in [-0.05, 0) is 37.8 Å². The van der Waals surface area contributed by atoms with Gasteiger partial charge >= 0.3 is 30.0 Å². The Labute approximate surface area is 144 Å². The SMILES string of the molecule is C[Si](C)(C)OC(=O)c1cccc(OC(=O)C(F)(F)C(F)(F)C(F)(F)F)c1. The molecule has 0 amide bonds. The quantitative estimate of drug-likeness (QED) is 0.315. The second-order valence-corrected chi connectivity index (χ2v) is 10.5. The van der Waals surface area contributed by atoms with Crippen molar-refractivity contribution in [3.63, 3.8) is 0 Å². The minimum Gasteiger partial charge on any atom is -0.516 e. The molecule has 0 aliphatic rings. The molecule has 0 spiro atoms. The molecule has 12 heteroatoms. The summed E-state index contributed by atoms with van der Waals surface area (Å²) in [7, 11) is -2.33. The average Bonchev–Trinajstić information content (AvgIpc) is 2.44. The monoisotopic (exact) mass is 406 g/mol. The van der Waals surface area contributed by atoms with Gasteiger partial charge < -0.3 is 9.16 Å². The van der Waals surface area contributed by atoms with E-state index in [-0.39, 0.29) is 5.56 Å². The van der Waals surface area contributed by atoms with E-state index in [1.165, 1.54) is 0 Å². The minimum atomic E-state index is -6.67. The standard InChI is InChI=1S/C14H13F7O4Si/c1-26(2,3)25-10(22)8-5-4-6-9(7-8)24-11(23)12(15,16)13(17,18)14(19,20)21/h4-7H,1-3H3. The Morgan fingerprint density at radius 3 is 1.96 bits per heavy atom. The zero-order valence-electron chi connectivity index (χ0n) is 13.6. The Hall–Kier alpha value is -2.11. The Balaban J connectivity index is 3.04. The van der Waals surface area contributed by atoms with Crippen LogP contribution in [-0.2, 0) is 9.22 Å². The number of alkyl halides is 7. The smallest absolute Gasteiger partial charge is 0.460 e. The zero-order chi connectivity index (χ0) is 20.6. The topological polar surface area (TPSA) is 52.6 Å². The van der Waals surface area contributed by atoms with Crippen LogP contribution in [-0.4, -0.2) is 38.3 Å². The molecule has 1 rings (SSSR count). The second kappa shape index (κ2) is 6.89. The van der Waals surface area contributed by atoms with Crippen LogP contribution in [0.2, 0.25) is 19.6 Å². The van der Waals surface area contributed by atoms with Crippen LogP contribution in [0.4, 0.5) is 30.7 Å². The lowest BCUT2D eigenvalue weighted by atomic mass is 10.1. The van der Waals surface area contributed by atoms with Crippen molar-refractivity contribution in [2.75, 3.05) is 0 Å². The van der Waals surface area contributed by atoms with E-state index in [9.17, 15) is 40.3 Å². The maximum atomic E-state index is 13.2. The normalized spacial score (nSPS) is 13.3. The van der Waals surface area contributed by atoms with Crippen molar-refractivity contribution >= 4 is 20.3 Å². The highest BCUT2D eigenvalue weighted by atomic mass is 28.4. The average molecular weight is 406 g/mol. The van der Waals surface area contributed by atoms with E-state index in [0.29, 0.717) is 6.07 Å². The number of rotatable bonds is 5. The number of hydrogen-bond acceptors (Lipinski definition) is 4. The van der Waals surface area contributed by atoms with Crippen LogP contribution in [0.15, 0.2) is 24.3 Å². The number of carbonyl (C=O) groups excluding carboxylic acids is 2. The largest absolute Gasteiger partial charge is 0.516 e. The van der Waals surface area contributed by atoms with E-state index >= 15 is 0 Å². The van der Waals surface area contributed by atoms with E-state index in [2.05, 4.69) is 4.74 Å². The molecule has 0 radical (unpaired) electrons. The number of hydrogen-bond donors (Lipinski definition) is 0. The van der Waals surface area contributed by atoms with E-state index < -0.39 is 44.0 Å². The molecular weight excluding hydrogens is 393 g/mol. The molecule has 1 aromatic rings. The highest BCUT2D eigenvalue weighted by Gasteiger charge is 2.77. The first kappa shape index (κ1) is 21.9. The summed E-state index contributed by atoms with van der Waals surface area (Å²) in [5.74, 6) is -17.6. The van der Waals surface area contributed by atoms with Gasteiger partial charge in [0.25, 0.3) is 0 Å². The van der Waals surface area contributed by atoms with Crippen LogP contribution < -0.4 is 4.74 Å². The van der Waals surface area contributed by atoms with Crippen LogP contribution in [0.25, 0.3) is 0 Å². The van der Waals surface area contributed by atoms with E-state index in [0.717, 1.165) is 18.2 Å². The first-order chi connectivity index (χ1) is 11.5. The molecule has 0 fully saturated rings. The van der Waals surface area contributed by atoms with Crippen molar-refractivity contribution in [2.45, 2.75) is 37.7 Å². The van der Waals surface area contributed by atoms with E-state index in [1.807, 2.05) is 0 Å². The van der Waals surface area contributed by atoms with Gasteiger partial charge in [-0.2, -0.15) is 30.7 Å². The molecule has 0 atom stereocenters. The summed E-state index contributed by atoms with van der Waals surface area (Å²) in [5.41, 5.74) is -0.261. The number of benzene rings is 1. The predicted molar refractivity (Wildman–Crippen MR) is 76.8 cm³/mol. The third kappa shape index (κ3) is 4.74. The van der Waals surface area contributed by atoms with Crippen molar-refractivity contribution in [1.82, 2.24) is 0 Å². The van der Waals surface area contributed by atoms with Gasteiger partial charge in [-0.15, -0.1) is 0 Å². The van der Waals surface area contributed by atoms with Gasteiger partial charge in [0.2, 0.25) is 8.32 Å². The van der Waals surface area contributed by atoms with Gasteiger partial charge in [0.15, 0.2) is 0 Å². The molecule has 26 heavy (non-hydrogen) atoms. The number of esters is 1. The highest BCUT2D eigenvalue weighted by molar-refractivity contribution is 6.71. The molecule has 0 heterocycles. The van der Waals surface area contributed by atoms with E-state index in [4.69, 9.17) is 4.43 Å². The Morgan fingerprint density at radius 2 is 1.50 bits per heavy atom. The molecule has 4 nitrogen and oxygen atoms in total. The molecule has 0 unspecified atom stereocenters. The fourth-order valence-corrected chi connectivity index (χ4v) is 2.17. The lowest BCUT2D eigenvalue weighted by Gasteiger charge is -2.26. The Morgan fingerprint density at radius 1 is 0.962 bits per heavy atom. The number of carbonyl (C=O) groups is 2. The maximum absolute atomic E-state index is 13.2. The minimum absolute atomic E-state index is 0.261. The summed E-state index contributed by atoms with van der Waals surface area (Å²) in [6, 6.07) is 3.74. The predicted octanol–water partition coefficient (Wildman–Crippen LogP) is 4.42. The highest BCUT2D eigenvalue weighted by Crippen LogP contribution is 2.47. The molecule has 0 aromatic heterocycles. The van der Waals surface area contributed by atoms with Crippen LogP contribution in [0, 0.1) is 0 Å². The first-order valence-electron chi connectivity index (χ1n) is 6.87. The van der Waals surface area contributed by atoms with Crippen molar-refractivity contribution in [3.8, 4) is 5.75 Å². The van der Waals surface area contributed by atoms with Gasteiger partial charge in [-0.1, -0.05) is 6.07 Å². The van der Waals surface area contributed by atoms with Crippen LogP contribution in [0.1, 0.15) is 10.4 Å². The Bertz CT molecular complexity index is 695. The third-order valence-corrected chi connectivity index (χ3v) is 3.48. The molecule has 0 bridgehead atoms. The Kier molecular flexibility index (Phi) is 5.81. The van der Waals surface area contributed by atoms with Crippen molar-refractivity contribution < 1.29 is 49.5 Å². The van der Waals surface area contributed by atoms with Gasteiger partial charge in [-0.3, -0.25) is 0 Å². The molecule has 146 valence electrons. The summed E-state index contributed by atoms with van der Waals surface area (Å²) in [5, 5.41) is 0. The van der Waals surface area contributed by atoms with Gasteiger partial charge in [0, 0.05) is 0 Å². The third-order valence-electron chi connectivity index (χ3n) is 2.69. The summed E-state index contributed by atoms with van der Waals surface area (Å²) >= 11 is 0. The lowest BCUT2D eigenvalue weighted by molar-refractivity contribution is -0.346. The lowest BCUT2D eigenvalue weighted by Crippen LogP contribution is -2.57. The zero-order valence-corrected chi connectivity index (χ0v) is 14.6. The van der Waals surface area contributed by atoms with Gasteiger partial charge in [0.1, 0.15) is 5.75 Å². The first-order valence-corrected chi connectivity index (χ1v) is 10.3. The van der Waals surface area contributed by atoms with Crippen molar-refractivity contribution in [3.05, 3.63) is 29.8 Å². The fraction of sp³-hybridized carbons (Fsp3) is 0.429. The van der Waals surface area contributed by atoms with E-state index in [1.54, 1.807) is 19.6 Å². The molecule has 0 aliphatic heterocycles. The van der Waals surface area contributed by atoms with Gasteiger partial charge in [-0.25, -0.2) is 9.59 Å². The molecule has 0 aliphatic carbocycles. The fourth-order valence-electron chi connectivity index (χ4n) is 1.50. The second-order valence-electron chi connectivity index (χ2n) is 6.07.